The first-order valence-electron chi connectivity index (χ1n) is 6.52. The number of aliphatic carboxylic acids is 1. The van der Waals surface area contributed by atoms with Crippen LogP contribution >= 0.6 is 0 Å². The van der Waals surface area contributed by atoms with Crippen LogP contribution < -0.4 is 10.0 Å². The Morgan fingerprint density at radius 2 is 2.11 bits per heavy atom. The summed E-state index contributed by atoms with van der Waals surface area (Å²) in [5.74, 6) is -1.70. The summed E-state index contributed by atoms with van der Waals surface area (Å²) in [6.45, 7) is 6.29. The summed E-state index contributed by atoms with van der Waals surface area (Å²) in [7, 11) is 0. The van der Waals surface area contributed by atoms with E-state index >= 15 is 0 Å². The predicted molar refractivity (Wildman–Crippen MR) is 70.7 cm³/mol. The van der Waals surface area contributed by atoms with Crippen molar-refractivity contribution in [3.05, 3.63) is 29.3 Å². The number of carboxylic acids is 1. The highest BCUT2D eigenvalue weighted by molar-refractivity contribution is 6.00. The lowest BCUT2D eigenvalue weighted by Gasteiger charge is -2.24. The van der Waals surface area contributed by atoms with Crippen molar-refractivity contribution in [2.24, 2.45) is 5.92 Å². The molecule has 1 heterocycles. The maximum Gasteiger partial charge on any atom is 0.227 e. The standard InChI is InChI=1S/C15H19NO3/c1-9(2)12-6-4-5-10(3)14(12)16-8-11(15(18)19)7-13(16)17/h4-6,9,11H,7-8H2,1-3H3,(H,18,19)/p-1/t11-/m1/s1. The molecule has 2 rings (SSSR count). The van der Waals surface area contributed by atoms with Crippen LogP contribution in [0.5, 0.6) is 0 Å². The first-order valence-corrected chi connectivity index (χ1v) is 6.52. The van der Waals surface area contributed by atoms with Crippen molar-refractivity contribution in [2.45, 2.75) is 33.1 Å². The van der Waals surface area contributed by atoms with Crippen molar-refractivity contribution < 1.29 is 14.7 Å². The van der Waals surface area contributed by atoms with Gasteiger partial charge in [0, 0.05) is 30.5 Å². The molecule has 4 nitrogen and oxygen atoms in total. The molecule has 1 atom stereocenters. The van der Waals surface area contributed by atoms with Gasteiger partial charge in [-0.05, 0) is 24.0 Å². The van der Waals surface area contributed by atoms with Crippen LogP contribution in [0.4, 0.5) is 5.69 Å². The largest absolute Gasteiger partial charge is 0.550 e. The van der Waals surface area contributed by atoms with Crippen molar-refractivity contribution >= 4 is 17.6 Å². The van der Waals surface area contributed by atoms with Gasteiger partial charge in [-0.1, -0.05) is 32.0 Å². The molecule has 0 bridgehead atoms. The topological polar surface area (TPSA) is 60.4 Å². The molecule has 1 aromatic rings. The summed E-state index contributed by atoms with van der Waals surface area (Å²) in [5, 5.41) is 10.9. The molecular weight excluding hydrogens is 242 g/mol. The summed E-state index contributed by atoms with van der Waals surface area (Å²) in [5.41, 5.74) is 2.94. The van der Waals surface area contributed by atoms with Gasteiger partial charge in [0.15, 0.2) is 0 Å². The molecule has 0 N–H and O–H groups in total. The molecule has 0 spiro atoms. The second-order valence-electron chi connectivity index (χ2n) is 5.39. The minimum atomic E-state index is -1.14. The number of anilines is 1. The van der Waals surface area contributed by atoms with Crippen LogP contribution in [0.15, 0.2) is 18.2 Å². The molecule has 1 fully saturated rings. The Hall–Kier alpha value is -1.84. The number of nitrogens with zero attached hydrogens (tertiary/aromatic N) is 1. The van der Waals surface area contributed by atoms with Gasteiger partial charge in [0.05, 0.1) is 0 Å². The number of hydrogen-bond donors (Lipinski definition) is 0. The van der Waals surface area contributed by atoms with Crippen LogP contribution in [0.25, 0.3) is 0 Å². The summed E-state index contributed by atoms with van der Waals surface area (Å²) < 4.78 is 0. The highest BCUT2D eigenvalue weighted by atomic mass is 16.4. The number of hydrogen-bond acceptors (Lipinski definition) is 3. The number of carboxylic acid groups (broad SMARTS) is 1. The third kappa shape index (κ3) is 2.48. The Kier molecular flexibility index (Phi) is 3.60. The summed E-state index contributed by atoms with van der Waals surface area (Å²) in [6, 6.07) is 5.90. The van der Waals surface area contributed by atoms with E-state index in [-0.39, 0.29) is 24.8 Å². The average molecular weight is 260 g/mol. The van der Waals surface area contributed by atoms with Gasteiger partial charge >= 0.3 is 0 Å². The summed E-state index contributed by atoms with van der Waals surface area (Å²) in [4.78, 5) is 24.6. The third-order valence-electron chi connectivity index (χ3n) is 3.62. The molecule has 1 saturated heterocycles. The fourth-order valence-corrected chi connectivity index (χ4v) is 2.60. The normalized spacial score (nSPS) is 19.3. The first kappa shape index (κ1) is 13.6. The maximum absolute atomic E-state index is 12.1. The molecule has 0 aliphatic carbocycles. The lowest BCUT2D eigenvalue weighted by atomic mass is 9.97. The Bertz CT molecular complexity index is 522. The zero-order valence-electron chi connectivity index (χ0n) is 11.5. The van der Waals surface area contributed by atoms with Gasteiger partial charge in [-0.15, -0.1) is 0 Å². The number of carbonyl (C=O) groups excluding carboxylic acids is 2. The van der Waals surface area contributed by atoms with Crippen molar-refractivity contribution in [3.8, 4) is 0 Å². The van der Waals surface area contributed by atoms with Gasteiger partial charge in [-0.2, -0.15) is 0 Å². The summed E-state index contributed by atoms with van der Waals surface area (Å²) >= 11 is 0. The second-order valence-corrected chi connectivity index (χ2v) is 5.39. The SMILES string of the molecule is Cc1cccc(C(C)C)c1N1C[C@H](C(=O)[O-])CC1=O. The molecule has 0 aromatic heterocycles. The van der Waals surface area contributed by atoms with Gasteiger partial charge in [-0.3, -0.25) is 4.79 Å². The molecule has 1 aromatic carbocycles. The molecule has 4 heteroatoms. The monoisotopic (exact) mass is 260 g/mol. The number of benzene rings is 1. The van der Waals surface area contributed by atoms with E-state index in [4.69, 9.17) is 0 Å². The van der Waals surface area contributed by atoms with Gasteiger partial charge in [0.25, 0.3) is 0 Å². The highest BCUT2D eigenvalue weighted by Crippen LogP contribution is 2.34. The fourth-order valence-electron chi connectivity index (χ4n) is 2.60. The minimum absolute atomic E-state index is 0.0359. The number of rotatable bonds is 3. The Morgan fingerprint density at radius 3 is 2.63 bits per heavy atom. The van der Waals surface area contributed by atoms with Crippen molar-refractivity contribution in [2.75, 3.05) is 11.4 Å². The van der Waals surface area contributed by atoms with E-state index in [1.165, 1.54) is 0 Å². The van der Waals surface area contributed by atoms with Gasteiger partial charge in [0.1, 0.15) is 0 Å². The second kappa shape index (κ2) is 5.03. The average Bonchev–Trinajstić information content (AvgIpc) is 2.71. The lowest BCUT2D eigenvalue weighted by Crippen LogP contribution is -2.34. The van der Waals surface area contributed by atoms with E-state index in [1.54, 1.807) is 4.90 Å². The van der Waals surface area contributed by atoms with Crippen molar-refractivity contribution in [1.29, 1.82) is 0 Å². The number of amides is 1. The Labute approximate surface area is 113 Å². The van der Waals surface area contributed by atoms with E-state index in [0.29, 0.717) is 0 Å². The molecular formula is C15H18NO3-. The highest BCUT2D eigenvalue weighted by Gasteiger charge is 2.33. The predicted octanol–water partition coefficient (Wildman–Crippen LogP) is 1.22. The molecule has 0 radical (unpaired) electrons. The van der Waals surface area contributed by atoms with Crippen LogP contribution in [0.2, 0.25) is 0 Å². The minimum Gasteiger partial charge on any atom is -0.550 e. The van der Waals surface area contributed by atoms with Crippen molar-refractivity contribution in [3.63, 3.8) is 0 Å². The summed E-state index contributed by atoms with van der Waals surface area (Å²) in [6.07, 6.45) is 0.0359. The van der Waals surface area contributed by atoms with E-state index in [0.717, 1.165) is 16.8 Å². The van der Waals surface area contributed by atoms with E-state index in [1.807, 2.05) is 25.1 Å². The van der Waals surface area contributed by atoms with Gasteiger partial charge < -0.3 is 14.8 Å². The molecule has 1 aliphatic heterocycles. The maximum atomic E-state index is 12.1. The van der Waals surface area contributed by atoms with E-state index in [9.17, 15) is 14.7 Å². The van der Waals surface area contributed by atoms with E-state index < -0.39 is 11.9 Å². The molecule has 102 valence electrons. The fraction of sp³-hybridized carbons (Fsp3) is 0.467. The Balaban J connectivity index is 2.42. The molecule has 0 saturated carbocycles. The van der Waals surface area contributed by atoms with Crippen molar-refractivity contribution in [1.82, 2.24) is 0 Å². The number of para-hydroxylation sites is 1. The Morgan fingerprint density at radius 1 is 1.42 bits per heavy atom. The quantitative estimate of drug-likeness (QED) is 0.821. The molecule has 19 heavy (non-hydrogen) atoms. The van der Waals surface area contributed by atoms with Crippen LogP contribution in [-0.4, -0.2) is 18.4 Å². The lowest BCUT2D eigenvalue weighted by molar-refractivity contribution is -0.310. The zero-order valence-corrected chi connectivity index (χ0v) is 11.5. The molecule has 1 amide bonds. The van der Waals surface area contributed by atoms with Crippen LogP contribution in [0, 0.1) is 12.8 Å². The number of carbonyl (C=O) groups is 2. The smallest absolute Gasteiger partial charge is 0.227 e. The zero-order chi connectivity index (χ0) is 14.2. The van der Waals surface area contributed by atoms with Gasteiger partial charge in [-0.25, -0.2) is 0 Å². The molecule has 0 unspecified atom stereocenters. The van der Waals surface area contributed by atoms with Gasteiger partial charge in [0.2, 0.25) is 5.91 Å². The first-order chi connectivity index (χ1) is 8.91. The number of aryl methyl sites for hydroxylation is 1. The van der Waals surface area contributed by atoms with Crippen LogP contribution in [0.3, 0.4) is 0 Å². The van der Waals surface area contributed by atoms with Crippen LogP contribution in [0.1, 0.15) is 37.3 Å². The molecule has 1 aliphatic rings. The van der Waals surface area contributed by atoms with E-state index in [2.05, 4.69) is 13.8 Å². The third-order valence-corrected chi connectivity index (χ3v) is 3.62. The van der Waals surface area contributed by atoms with Crippen LogP contribution in [-0.2, 0) is 9.59 Å².